The van der Waals surface area contributed by atoms with Crippen molar-refractivity contribution in [2.75, 3.05) is 6.61 Å². The molecule has 94 valence electrons. The monoisotopic (exact) mass is 309 g/mol. The summed E-state index contributed by atoms with van der Waals surface area (Å²) in [5.41, 5.74) is 1.82. The highest BCUT2D eigenvalue weighted by molar-refractivity contribution is 9.10. The highest BCUT2D eigenvalue weighted by Gasteiger charge is 2.12. The van der Waals surface area contributed by atoms with E-state index in [1.165, 1.54) is 12.1 Å². The molecule has 2 rings (SSSR count). The molecule has 1 atom stereocenters. The Morgan fingerprint density at radius 2 is 1.89 bits per heavy atom. The van der Waals surface area contributed by atoms with Gasteiger partial charge in [-0.3, -0.25) is 4.98 Å². The zero-order valence-electron chi connectivity index (χ0n) is 9.68. The lowest BCUT2D eigenvalue weighted by Crippen LogP contribution is -2.08. The van der Waals surface area contributed by atoms with Gasteiger partial charge in [-0.05, 0) is 52.2 Å². The minimum atomic E-state index is -0.266. The number of hydrogen-bond donors (Lipinski definition) is 1. The summed E-state index contributed by atoms with van der Waals surface area (Å²) < 4.78 is 13.8. The molecule has 1 heterocycles. The highest BCUT2D eigenvalue weighted by atomic mass is 79.9. The van der Waals surface area contributed by atoms with E-state index in [0.717, 1.165) is 15.7 Å². The molecule has 0 radical (unpaired) electrons. The fourth-order valence-corrected chi connectivity index (χ4v) is 2.04. The van der Waals surface area contributed by atoms with Crippen molar-refractivity contribution >= 4 is 15.9 Å². The van der Waals surface area contributed by atoms with Crippen LogP contribution < -0.4 is 0 Å². The summed E-state index contributed by atoms with van der Waals surface area (Å²) in [4.78, 5) is 4.28. The van der Waals surface area contributed by atoms with Crippen LogP contribution in [0.1, 0.15) is 17.2 Å². The molecule has 1 aromatic carbocycles. The number of aliphatic hydroxyl groups excluding tert-OH is 1. The van der Waals surface area contributed by atoms with E-state index in [9.17, 15) is 9.50 Å². The molecule has 0 amide bonds. The van der Waals surface area contributed by atoms with Gasteiger partial charge in [0.25, 0.3) is 0 Å². The van der Waals surface area contributed by atoms with Gasteiger partial charge in [0.2, 0.25) is 0 Å². The maximum atomic E-state index is 12.8. The largest absolute Gasteiger partial charge is 0.396 e. The standard InChI is InChI=1S/C14H13BrFNO/c15-12-3-6-14(17-8-12)7-11(9-18)10-1-4-13(16)5-2-10/h1-6,8,11,18H,7,9H2. The van der Waals surface area contributed by atoms with E-state index in [0.29, 0.717) is 6.42 Å². The minimum Gasteiger partial charge on any atom is -0.396 e. The molecule has 1 aromatic heterocycles. The summed E-state index contributed by atoms with van der Waals surface area (Å²) in [5.74, 6) is -0.323. The Morgan fingerprint density at radius 3 is 2.44 bits per heavy atom. The third-order valence-corrected chi connectivity index (χ3v) is 3.28. The Morgan fingerprint density at radius 1 is 1.17 bits per heavy atom. The van der Waals surface area contributed by atoms with Crippen molar-refractivity contribution in [1.29, 1.82) is 0 Å². The molecule has 0 saturated carbocycles. The first-order valence-electron chi connectivity index (χ1n) is 5.66. The van der Waals surface area contributed by atoms with Crippen molar-refractivity contribution in [3.63, 3.8) is 0 Å². The Balaban J connectivity index is 2.14. The third kappa shape index (κ3) is 3.37. The van der Waals surface area contributed by atoms with Gasteiger partial charge < -0.3 is 5.11 Å². The smallest absolute Gasteiger partial charge is 0.123 e. The Labute approximate surface area is 114 Å². The quantitative estimate of drug-likeness (QED) is 0.940. The molecule has 0 spiro atoms. The van der Waals surface area contributed by atoms with Crippen molar-refractivity contribution < 1.29 is 9.50 Å². The molecule has 0 aliphatic carbocycles. The molecule has 1 N–H and O–H groups in total. The minimum absolute atomic E-state index is 0.0172. The Kier molecular flexibility index (Phi) is 4.44. The first-order chi connectivity index (χ1) is 8.69. The average Bonchev–Trinajstić information content (AvgIpc) is 2.39. The number of aromatic nitrogens is 1. The molecular formula is C14H13BrFNO. The van der Waals surface area contributed by atoms with Gasteiger partial charge in [0.15, 0.2) is 0 Å². The van der Waals surface area contributed by atoms with Crippen LogP contribution in [0.15, 0.2) is 47.1 Å². The molecule has 2 aromatic rings. The first kappa shape index (κ1) is 13.2. The fourth-order valence-electron chi connectivity index (χ4n) is 1.80. The average molecular weight is 310 g/mol. The van der Waals surface area contributed by atoms with Crippen molar-refractivity contribution in [2.24, 2.45) is 0 Å². The molecule has 0 fully saturated rings. The lowest BCUT2D eigenvalue weighted by atomic mass is 9.95. The van der Waals surface area contributed by atoms with Gasteiger partial charge >= 0.3 is 0 Å². The van der Waals surface area contributed by atoms with Crippen LogP contribution in [0.4, 0.5) is 4.39 Å². The number of aliphatic hydroxyl groups is 1. The molecule has 0 aliphatic rings. The van der Waals surface area contributed by atoms with Gasteiger partial charge in [0.05, 0.1) is 6.61 Å². The summed E-state index contributed by atoms with van der Waals surface area (Å²) in [6.45, 7) is 0.0172. The second kappa shape index (κ2) is 6.07. The van der Waals surface area contributed by atoms with Crippen molar-refractivity contribution in [3.8, 4) is 0 Å². The molecule has 1 unspecified atom stereocenters. The van der Waals surface area contributed by atoms with Crippen molar-refractivity contribution in [1.82, 2.24) is 4.98 Å². The normalized spacial score (nSPS) is 12.4. The third-order valence-electron chi connectivity index (χ3n) is 2.81. The lowest BCUT2D eigenvalue weighted by Gasteiger charge is -2.14. The number of halogens is 2. The zero-order chi connectivity index (χ0) is 13.0. The SMILES string of the molecule is OCC(Cc1ccc(Br)cn1)c1ccc(F)cc1. The topological polar surface area (TPSA) is 33.1 Å². The van der Waals surface area contributed by atoms with E-state index >= 15 is 0 Å². The summed E-state index contributed by atoms with van der Waals surface area (Å²) >= 11 is 3.33. The van der Waals surface area contributed by atoms with Crippen molar-refractivity contribution in [3.05, 3.63) is 64.1 Å². The second-order valence-electron chi connectivity index (χ2n) is 4.10. The Hall–Kier alpha value is -1.26. The molecule has 4 heteroatoms. The van der Waals surface area contributed by atoms with Gasteiger partial charge in [-0.2, -0.15) is 0 Å². The lowest BCUT2D eigenvalue weighted by molar-refractivity contribution is 0.264. The molecule has 0 saturated heterocycles. The molecule has 0 aliphatic heterocycles. The van der Waals surface area contributed by atoms with Crippen LogP contribution in [-0.4, -0.2) is 16.7 Å². The van der Waals surface area contributed by atoms with Crippen LogP contribution in [0, 0.1) is 5.82 Å². The van der Waals surface area contributed by atoms with E-state index in [1.54, 1.807) is 18.3 Å². The van der Waals surface area contributed by atoms with E-state index in [2.05, 4.69) is 20.9 Å². The number of nitrogens with zero attached hydrogens (tertiary/aromatic N) is 1. The van der Waals surface area contributed by atoms with E-state index in [4.69, 9.17) is 0 Å². The van der Waals surface area contributed by atoms with Crippen LogP contribution >= 0.6 is 15.9 Å². The van der Waals surface area contributed by atoms with Gasteiger partial charge in [-0.25, -0.2) is 4.39 Å². The summed E-state index contributed by atoms with van der Waals surface area (Å²) in [5, 5.41) is 9.43. The predicted molar refractivity (Wildman–Crippen MR) is 71.9 cm³/mol. The first-order valence-corrected chi connectivity index (χ1v) is 6.45. The fraction of sp³-hybridized carbons (Fsp3) is 0.214. The molecular weight excluding hydrogens is 297 g/mol. The Bertz CT molecular complexity index is 498. The highest BCUT2D eigenvalue weighted by Crippen LogP contribution is 2.20. The zero-order valence-corrected chi connectivity index (χ0v) is 11.3. The molecule has 0 bridgehead atoms. The van der Waals surface area contributed by atoms with E-state index in [-0.39, 0.29) is 18.3 Å². The van der Waals surface area contributed by atoms with Crippen LogP contribution in [0.2, 0.25) is 0 Å². The number of pyridine rings is 1. The van der Waals surface area contributed by atoms with Gasteiger partial charge in [0.1, 0.15) is 5.82 Å². The van der Waals surface area contributed by atoms with E-state index in [1.807, 2.05) is 12.1 Å². The summed E-state index contributed by atoms with van der Waals surface area (Å²) in [6.07, 6.45) is 2.36. The molecule has 2 nitrogen and oxygen atoms in total. The van der Waals surface area contributed by atoms with Crippen LogP contribution in [0.3, 0.4) is 0 Å². The van der Waals surface area contributed by atoms with Gasteiger partial charge in [-0.1, -0.05) is 12.1 Å². The van der Waals surface area contributed by atoms with Crippen LogP contribution in [-0.2, 0) is 6.42 Å². The molecule has 18 heavy (non-hydrogen) atoms. The maximum Gasteiger partial charge on any atom is 0.123 e. The predicted octanol–water partition coefficient (Wildman–Crippen LogP) is 3.30. The number of hydrogen-bond acceptors (Lipinski definition) is 2. The van der Waals surface area contributed by atoms with Crippen LogP contribution in [0.25, 0.3) is 0 Å². The number of rotatable bonds is 4. The number of benzene rings is 1. The van der Waals surface area contributed by atoms with Gasteiger partial charge in [-0.15, -0.1) is 0 Å². The van der Waals surface area contributed by atoms with E-state index < -0.39 is 0 Å². The van der Waals surface area contributed by atoms with Crippen molar-refractivity contribution in [2.45, 2.75) is 12.3 Å². The summed E-state index contributed by atoms with van der Waals surface area (Å²) in [6, 6.07) is 10.1. The maximum absolute atomic E-state index is 12.8. The van der Waals surface area contributed by atoms with Gasteiger partial charge in [0, 0.05) is 22.3 Å². The van der Waals surface area contributed by atoms with Crippen LogP contribution in [0.5, 0.6) is 0 Å². The summed E-state index contributed by atoms with van der Waals surface area (Å²) in [7, 11) is 0. The second-order valence-corrected chi connectivity index (χ2v) is 5.02.